The summed E-state index contributed by atoms with van der Waals surface area (Å²) < 4.78 is 1.82. The van der Waals surface area contributed by atoms with E-state index in [1.165, 1.54) is 13.0 Å². The SMILES string of the molecule is CC(=O)c1ccc(Sc2nc(C3CC3)n(-c3ccccc3)n2)c([N+](=O)[O-])c1. The number of hydrogen-bond donors (Lipinski definition) is 0. The van der Waals surface area contributed by atoms with Crippen molar-refractivity contribution in [3.8, 4) is 5.69 Å². The van der Waals surface area contributed by atoms with Gasteiger partial charge in [0, 0.05) is 17.5 Å². The molecule has 0 N–H and O–H groups in total. The maximum atomic E-state index is 11.5. The molecule has 0 amide bonds. The highest BCUT2D eigenvalue weighted by molar-refractivity contribution is 7.99. The van der Waals surface area contributed by atoms with Crippen LogP contribution in [0.2, 0.25) is 0 Å². The van der Waals surface area contributed by atoms with E-state index in [2.05, 4.69) is 10.1 Å². The Morgan fingerprint density at radius 3 is 2.59 bits per heavy atom. The van der Waals surface area contributed by atoms with Gasteiger partial charge in [0.25, 0.3) is 5.69 Å². The number of hydrogen-bond acceptors (Lipinski definition) is 6. The maximum absolute atomic E-state index is 11.5. The summed E-state index contributed by atoms with van der Waals surface area (Å²) in [7, 11) is 0. The third kappa shape index (κ3) is 3.61. The Bertz CT molecular complexity index is 1030. The second-order valence-electron chi connectivity index (χ2n) is 6.37. The van der Waals surface area contributed by atoms with E-state index in [9.17, 15) is 14.9 Å². The molecule has 0 spiro atoms. The number of rotatable bonds is 6. The maximum Gasteiger partial charge on any atom is 0.284 e. The van der Waals surface area contributed by atoms with Gasteiger partial charge < -0.3 is 0 Å². The van der Waals surface area contributed by atoms with Gasteiger partial charge in [-0.3, -0.25) is 14.9 Å². The van der Waals surface area contributed by atoms with Crippen molar-refractivity contribution in [1.82, 2.24) is 14.8 Å². The van der Waals surface area contributed by atoms with E-state index >= 15 is 0 Å². The predicted octanol–water partition coefficient (Wildman–Crippen LogP) is 4.41. The number of Topliss-reactive ketones (excluding diaryl/α,β-unsaturated/α-hetero) is 1. The summed E-state index contributed by atoms with van der Waals surface area (Å²) in [5.74, 6) is 1.05. The molecule has 27 heavy (non-hydrogen) atoms. The standard InChI is InChI=1S/C19H16N4O3S/c1-12(24)14-9-10-17(16(11-14)23(25)26)27-19-20-18(13-7-8-13)22(21-19)15-5-3-2-4-6-15/h2-6,9-11,13H,7-8H2,1H3. The fourth-order valence-electron chi connectivity index (χ4n) is 2.78. The van der Waals surface area contributed by atoms with Crippen molar-refractivity contribution in [1.29, 1.82) is 0 Å². The minimum atomic E-state index is -0.481. The molecule has 0 aliphatic heterocycles. The van der Waals surface area contributed by atoms with E-state index < -0.39 is 4.92 Å². The molecule has 1 aliphatic carbocycles. The van der Waals surface area contributed by atoms with Gasteiger partial charge in [-0.05, 0) is 55.8 Å². The molecule has 0 bridgehead atoms. The second-order valence-corrected chi connectivity index (χ2v) is 7.38. The van der Waals surface area contributed by atoms with Crippen LogP contribution >= 0.6 is 11.8 Å². The lowest BCUT2D eigenvalue weighted by Crippen LogP contribution is -2.01. The summed E-state index contributed by atoms with van der Waals surface area (Å²) in [5.41, 5.74) is 1.12. The highest BCUT2D eigenvalue weighted by Crippen LogP contribution is 2.41. The Morgan fingerprint density at radius 2 is 1.96 bits per heavy atom. The first kappa shape index (κ1) is 17.4. The normalized spacial score (nSPS) is 13.5. The molecule has 1 saturated carbocycles. The van der Waals surface area contributed by atoms with E-state index in [1.54, 1.807) is 12.1 Å². The van der Waals surface area contributed by atoms with Crippen LogP contribution in [0.4, 0.5) is 5.69 Å². The molecule has 136 valence electrons. The zero-order chi connectivity index (χ0) is 19.0. The fraction of sp³-hybridized carbons (Fsp3) is 0.211. The number of benzene rings is 2. The minimum absolute atomic E-state index is 0.114. The molecule has 4 rings (SSSR count). The Kier molecular flexibility index (Phi) is 4.49. The van der Waals surface area contributed by atoms with Crippen molar-refractivity contribution in [2.24, 2.45) is 0 Å². The number of para-hydroxylation sites is 1. The lowest BCUT2D eigenvalue weighted by atomic mass is 10.1. The van der Waals surface area contributed by atoms with Crippen LogP contribution in [-0.4, -0.2) is 25.5 Å². The molecule has 1 heterocycles. The summed E-state index contributed by atoms with van der Waals surface area (Å²) in [6.07, 6.45) is 2.15. The molecule has 0 atom stereocenters. The molecule has 1 fully saturated rings. The first-order valence-corrected chi connectivity index (χ1v) is 9.34. The molecular formula is C19H16N4O3S. The highest BCUT2D eigenvalue weighted by atomic mass is 32.2. The van der Waals surface area contributed by atoms with E-state index in [1.807, 2.05) is 35.0 Å². The van der Waals surface area contributed by atoms with Crippen LogP contribution in [0, 0.1) is 10.1 Å². The van der Waals surface area contributed by atoms with Gasteiger partial charge in [-0.25, -0.2) is 9.67 Å². The van der Waals surface area contributed by atoms with Crippen molar-refractivity contribution >= 4 is 23.2 Å². The molecular weight excluding hydrogens is 364 g/mol. The van der Waals surface area contributed by atoms with E-state index in [0.717, 1.165) is 36.1 Å². The fourth-order valence-corrected chi connectivity index (χ4v) is 3.61. The van der Waals surface area contributed by atoms with Crippen LogP contribution in [0.1, 0.15) is 41.9 Å². The molecule has 2 aromatic carbocycles. The lowest BCUT2D eigenvalue weighted by molar-refractivity contribution is -0.387. The van der Waals surface area contributed by atoms with Crippen molar-refractivity contribution in [3.63, 3.8) is 0 Å². The zero-order valence-corrected chi connectivity index (χ0v) is 15.3. The largest absolute Gasteiger partial charge is 0.295 e. The predicted molar refractivity (Wildman–Crippen MR) is 101 cm³/mol. The summed E-state index contributed by atoms with van der Waals surface area (Å²) in [5, 5.41) is 16.5. The van der Waals surface area contributed by atoms with Gasteiger partial charge in [0.05, 0.1) is 15.5 Å². The van der Waals surface area contributed by atoms with Crippen molar-refractivity contribution in [2.45, 2.75) is 35.7 Å². The van der Waals surface area contributed by atoms with Crippen LogP contribution in [0.25, 0.3) is 5.69 Å². The molecule has 0 saturated heterocycles. The summed E-state index contributed by atoms with van der Waals surface area (Å²) in [6.45, 7) is 1.39. The number of ketones is 1. The lowest BCUT2D eigenvalue weighted by Gasteiger charge is -2.03. The summed E-state index contributed by atoms with van der Waals surface area (Å²) >= 11 is 1.14. The second kappa shape index (κ2) is 6.96. The van der Waals surface area contributed by atoms with Gasteiger partial charge >= 0.3 is 0 Å². The third-order valence-electron chi connectivity index (χ3n) is 4.32. The van der Waals surface area contributed by atoms with E-state index in [0.29, 0.717) is 21.5 Å². The highest BCUT2D eigenvalue weighted by Gasteiger charge is 2.31. The molecule has 1 aromatic heterocycles. The molecule has 7 nitrogen and oxygen atoms in total. The first-order chi connectivity index (χ1) is 13.0. The molecule has 8 heteroatoms. The average molecular weight is 380 g/mol. The number of carbonyl (C=O) groups is 1. The third-order valence-corrected chi connectivity index (χ3v) is 5.24. The van der Waals surface area contributed by atoms with Crippen LogP contribution in [0.3, 0.4) is 0 Å². The van der Waals surface area contributed by atoms with Crippen LogP contribution in [0.5, 0.6) is 0 Å². The van der Waals surface area contributed by atoms with Crippen LogP contribution < -0.4 is 0 Å². The Morgan fingerprint density at radius 1 is 1.22 bits per heavy atom. The zero-order valence-electron chi connectivity index (χ0n) is 14.5. The number of nitro benzene ring substituents is 1. The molecule has 1 aliphatic rings. The monoisotopic (exact) mass is 380 g/mol. The Hall–Kier alpha value is -3.00. The van der Waals surface area contributed by atoms with Crippen LogP contribution in [0.15, 0.2) is 58.6 Å². The van der Waals surface area contributed by atoms with E-state index in [4.69, 9.17) is 0 Å². The number of nitro groups is 1. The van der Waals surface area contributed by atoms with Crippen molar-refractivity contribution < 1.29 is 9.72 Å². The van der Waals surface area contributed by atoms with Gasteiger partial charge in [0.2, 0.25) is 5.16 Å². The Balaban J connectivity index is 1.71. The minimum Gasteiger partial charge on any atom is -0.295 e. The van der Waals surface area contributed by atoms with Crippen molar-refractivity contribution in [3.05, 3.63) is 70.0 Å². The number of nitrogens with zero attached hydrogens (tertiary/aromatic N) is 4. The topological polar surface area (TPSA) is 90.9 Å². The summed E-state index contributed by atoms with van der Waals surface area (Å²) in [6, 6.07) is 14.2. The van der Waals surface area contributed by atoms with Gasteiger partial charge in [-0.15, -0.1) is 5.10 Å². The molecule has 3 aromatic rings. The first-order valence-electron chi connectivity index (χ1n) is 8.52. The molecule has 0 unspecified atom stereocenters. The van der Waals surface area contributed by atoms with Crippen LogP contribution in [-0.2, 0) is 0 Å². The van der Waals surface area contributed by atoms with Gasteiger partial charge in [0.1, 0.15) is 5.82 Å². The van der Waals surface area contributed by atoms with Gasteiger partial charge in [-0.1, -0.05) is 18.2 Å². The van der Waals surface area contributed by atoms with Gasteiger partial charge in [-0.2, -0.15) is 0 Å². The average Bonchev–Trinajstić information content (AvgIpc) is 3.43. The number of aromatic nitrogens is 3. The van der Waals surface area contributed by atoms with E-state index in [-0.39, 0.29) is 11.5 Å². The number of carbonyl (C=O) groups excluding carboxylic acids is 1. The summed E-state index contributed by atoms with van der Waals surface area (Å²) in [4.78, 5) is 27.5. The van der Waals surface area contributed by atoms with Crippen molar-refractivity contribution in [2.75, 3.05) is 0 Å². The quantitative estimate of drug-likeness (QED) is 0.357. The van der Waals surface area contributed by atoms with Gasteiger partial charge in [0.15, 0.2) is 5.78 Å². The Labute approximate surface area is 159 Å². The smallest absolute Gasteiger partial charge is 0.284 e. The molecule has 0 radical (unpaired) electrons.